The van der Waals surface area contributed by atoms with E-state index in [2.05, 4.69) is 4.74 Å². The van der Waals surface area contributed by atoms with Crippen molar-refractivity contribution in [1.82, 2.24) is 0 Å². The van der Waals surface area contributed by atoms with Crippen LogP contribution < -0.4 is 0 Å². The Kier molecular flexibility index (Phi) is 4.14. The van der Waals surface area contributed by atoms with Gasteiger partial charge in [-0.2, -0.15) is 0 Å². The van der Waals surface area contributed by atoms with Crippen molar-refractivity contribution in [3.05, 3.63) is 38.9 Å². The Bertz CT molecular complexity index is 521. The van der Waals surface area contributed by atoms with Gasteiger partial charge in [0.25, 0.3) is 11.5 Å². The molecule has 0 N–H and O–H groups in total. The Balaban J connectivity index is 3.23. The smallest absolute Gasteiger partial charge is 0.379 e. The van der Waals surface area contributed by atoms with Crippen molar-refractivity contribution in [2.45, 2.75) is 20.8 Å². The number of carbonyl (C=O) groups excluding carboxylic acids is 2. The minimum absolute atomic E-state index is 0.0248. The lowest BCUT2D eigenvalue weighted by Crippen LogP contribution is -2.18. The van der Waals surface area contributed by atoms with Crippen molar-refractivity contribution in [1.29, 1.82) is 0 Å². The molecule has 18 heavy (non-hydrogen) atoms. The quantitative estimate of drug-likeness (QED) is 0.268. The van der Waals surface area contributed by atoms with Crippen LogP contribution in [0.25, 0.3) is 0 Å². The predicted molar refractivity (Wildman–Crippen MR) is 63.5 cm³/mol. The van der Waals surface area contributed by atoms with E-state index in [1.54, 1.807) is 20.8 Å². The minimum Gasteiger partial charge on any atom is -0.460 e. The molecule has 0 spiro atoms. The standard InChI is InChI=1S/C12H13NO5/c1-4-18-12(15)11(14)9-5-7(2)8(3)10(6-9)13(16)17/h5-6H,4H2,1-3H3. The van der Waals surface area contributed by atoms with Crippen molar-refractivity contribution in [2.24, 2.45) is 0 Å². The molecule has 0 saturated carbocycles. The number of nitro benzene ring substituents is 1. The number of nitro groups is 1. The zero-order valence-electron chi connectivity index (χ0n) is 10.4. The van der Waals surface area contributed by atoms with Crippen LogP contribution in [-0.4, -0.2) is 23.3 Å². The van der Waals surface area contributed by atoms with Gasteiger partial charge < -0.3 is 4.74 Å². The van der Waals surface area contributed by atoms with Gasteiger partial charge in [-0.3, -0.25) is 14.9 Å². The summed E-state index contributed by atoms with van der Waals surface area (Å²) in [6, 6.07) is 2.54. The van der Waals surface area contributed by atoms with E-state index in [0.29, 0.717) is 11.1 Å². The molecule has 1 aromatic carbocycles. The van der Waals surface area contributed by atoms with Gasteiger partial charge in [0.15, 0.2) is 0 Å². The van der Waals surface area contributed by atoms with E-state index in [1.165, 1.54) is 6.07 Å². The number of ether oxygens (including phenoxy) is 1. The van der Waals surface area contributed by atoms with Gasteiger partial charge in [0.1, 0.15) is 0 Å². The van der Waals surface area contributed by atoms with Crippen LogP contribution in [0.2, 0.25) is 0 Å². The highest BCUT2D eigenvalue weighted by atomic mass is 16.6. The van der Waals surface area contributed by atoms with E-state index >= 15 is 0 Å². The molecule has 6 nitrogen and oxygen atoms in total. The second-order valence-corrected chi connectivity index (χ2v) is 3.74. The van der Waals surface area contributed by atoms with Gasteiger partial charge in [0.05, 0.1) is 11.5 Å². The van der Waals surface area contributed by atoms with Crippen LogP contribution >= 0.6 is 0 Å². The van der Waals surface area contributed by atoms with Crippen LogP contribution in [0.1, 0.15) is 28.4 Å². The van der Waals surface area contributed by atoms with Gasteiger partial charge in [-0.15, -0.1) is 0 Å². The third-order valence-electron chi connectivity index (χ3n) is 2.56. The number of benzene rings is 1. The Morgan fingerprint density at radius 1 is 1.33 bits per heavy atom. The highest BCUT2D eigenvalue weighted by molar-refractivity contribution is 6.40. The van der Waals surface area contributed by atoms with Crippen molar-refractivity contribution in [3.63, 3.8) is 0 Å². The summed E-state index contributed by atoms with van der Waals surface area (Å²) in [5.74, 6) is -1.88. The van der Waals surface area contributed by atoms with Crippen molar-refractivity contribution in [2.75, 3.05) is 6.61 Å². The number of hydrogen-bond donors (Lipinski definition) is 0. The molecule has 0 aliphatic rings. The van der Waals surface area contributed by atoms with Crippen LogP contribution in [0.3, 0.4) is 0 Å². The van der Waals surface area contributed by atoms with Gasteiger partial charge in [-0.05, 0) is 32.4 Å². The molecule has 0 aliphatic heterocycles. The van der Waals surface area contributed by atoms with Crippen LogP contribution in [0, 0.1) is 24.0 Å². The Labute approximate surface area is 104 Å². The molecule has 6 heteroatoms. The van der Waals surface area contributed by atoms with E-state index in [0.717, 1.165) is 6.07 Å². The Morgan fingerprint density at radius 2 is 1.94 bits per heavy atom. The van der Waals surface area contributed by atoms with E-state index in [9.17, 15) is 19.7 Å². The third-order valence-corrected chi connectivity index (χ3v) is 2.56. The molecule has 0 amide bonds. The summed E-state index contributed by atoms with van der Waals surface area (Å²) in [6.07, 6.45) is 0. The summed E-state index contributed by atoms with van der Waals surface area (Å²) in [7, 11) is 0. The maximum Gasteiger partial charge on any atom is 0.379 e. The predicted octanol–water partition coefficient (Wildman–Crippen LogP) is 1.96. The molecule has 0 aliphatic carbocycles. The van der Waals surface area contributed by atoms with Crippen LogP contribution in [0.4, 0.5) is 5.69 Å². The number of aryl methyl sites for hydroxylation is 1. The van der Waals surface area contributed by atoms with Crippen molar-refractivity contribution < 1.29 is 19.2 Å². The zero-order chi connectivity index (χ0) is 13.9. The first-order valence-electron chi connectivity index (χ1n) is 5.35. The first-order valence-corrected chi connectivity index (χ1v) is 5.35. The lowest BCUT2D eigenvalue weighted by Gasteiger charge is -2.05. The summed E-state index contributed by atoms with van der Waals surface area (Å²) in [6.45, 7) is 4.89. The molecule has 0 saturated heterocycles. The lowest BCUT2D eigenvalue weighted by molar-refractivity contribution is -0.385. The summed E-state index contributed by atoms with van der Waals surface area (Å²) < 4.78 is 4.57. The van der Waals surface area contributed by atoms with Crippen LogP contribution in [0.5, 0.6) is 0 Å². The number of rotatable bonds is 4. The average molecular weight is 251 g/mol. The summed E-state index contributed by atoms with van der Waals surface area (Å²) >= 11 is 0. The Hall–Kier alpha value is -2.24. The molecule has 0 heterocycles. The molecular formula is C12H13NO5. The second kappa shape index (κ2) is 5.39. The van der Waals surface area contributed by atoms with Gasteiger partial charge in [0.2, 0.25) is 0 Å². The minimum atomic E-state index is -1.00. The maximum atomic E-state index is 11.7. The van der Waals surface area contributed by atoms with Crippen LogP contribution in [0.15, 0.2) is 12.1 Å². The summed E-state index contributed by atoms with van der Waals surface area (Å²) in [4.78, 5) is 33.2. The van der Waals surface area contributed by atoms with E-state index in [-0.39, 0.29) is 17.9 Å². The number of nitrogens with zero attached hydrogens (tertiary/aromatic N) is 1. The molecule has 0 atom stereocenters. The average Bonchev–Trinajstić information content (AvgIpc) is 2.31. The van der Waals surface area contributed by atoms with Crippen LogP contribution in [-0.2, 0) is 9.53 Å². The largest absolute Gasteiger partial charge is 0.460 e. The van der Waals surface area contributed by atoms with Gasteiger partial charge in [0, 0.05) is 17.2 Å². The summed E-state index contributed by atoms with van der Waals surface area (Å²) in [5, 5.41) is 10.8. The van der Waals surface area contributed by atoms with E-state index < -0.39 is 16.7 Å². The van der Waals surface area contributed by atoms with E-state index in [4.69, 9.17) is 0 Å². The van der Waals surface area contributed by atoms with Gasteiger partial charge in [-0.25, -0.2) is 4.79 Å². The molecule has 0 unspecified atom stereocenters. The molecule has 0 radical (unpaired) electrons. The zero-order valence-corrected chi connectivity index (χ0v) is 10.4. The molecule has 0 fully saturated rings. The number of Topliss-reactive ketones (excluding diaryl/α,β-unsaturated/α-hetero) is 1. The maximum absolute atomic E-state index is 11.7. The van der Waals surface area contributed by atoms with E-state index in [1.807, 2.05) is 0 Å². The Morgan fingerprint density at radius 3 is 2.44 bits per heavy atom. The molecule has 1 rings (SSSR count). The number of ketones is 1. The lowest BCUT2D eigenvalue weighted by atomic mass is 10.0. The fourth-order valence-corrected chi connectivity index (χ4v) is 1.48. The molecule has 1 aromatic rings. The highest BCUT2D eigenvalue weighted by Crippen LogP contribution is 2.23. The SMILES string of the molecule is CCOC(=O)C(=O)c1cc(C)c(C)c([N+](=O)[O-])c1. The third kappa shape index (κ3) is 2.71. The van der Waals surface area contributed by atoms with Gasteiger partial charge in [-0.1, -0.05) is 0 Å². The first kappa shape index (κ1) is 13.8. The fourth-order valence-electron chi connectivity index (χ4n) is 1.48. The molecular weight excluding hydrogens is 238 g/mol. The number of hydrogen-bond acceptors (Lipinski definition) is 5. The van der Waals surface area contributed by atoms with Crippen molar-refractivity contribution in [3.8, 4) is 0 Å². The first-order chi connectivity index (χ1) is 8.38. The fraction of sp³-hybridized carbons (Fsp3) is 0.333. The highest BCUT2D eigenvalue weighted by Gasteiger charge is 2.22. The number of esters is 1. The van der Waals surface area contributed by atoms with Crippen molar-refractivity contribution >= 4 is 17.4 Å². The number of carbonyl (C=O) groups is 2. The second-order valence-electron chi connectivity index (χ2n) is 3.74. The van der Waals surface area contributed by atoms with Gasteiger partial charge >= 0.3 is 5.97 Å². The summed E-state index contributed by atoms with van der Waals surface area (Å²) in [5.41, 5.74) is 0.850. The molecule has 96 valence electrons. The monoisotopic (exact) mass is 251 g/mol. The topological polar surface area (TPSA) is 86.5 Å². The normalized spacial score (nSPS) is 9.94. The molecule has 0 aromatic heterocycles. The molecule has 0 bridgehead atoms.